The van der Waals surface area contributed by atoms with Crippen molar-refractivity contribution in [1.29, 1.82) is 0 Å². The molecule has 0 atom stereocenters. The minimum absolute atomic E-state index is 0.480. The van der Waals surface area contributed by atoms with E-state index in [1.54, 1.807) is 7.11 Å². The molecule has 3 rings (SSSR count). The first-order valence-corrected chi connectivity index (χ1v) is 13.9. The molecule has 0 aliphatic carbocycles. The lowest BCUT2D eigenvalue weighted by Crippen LogP contribution is -2.22. The van der Waals surface area contributed by atoms with E-state index in [9.17, 15) is 0 Å². The summed E-state index contributed by atoms with van der Waals surface area (Å²) >= 11 is 3.62. The maximum atomic E-state index is 6.01. The van der Waals surface area contributed by atoms with Gasteiger partial charge in [-0.2, -0.15) is 0 Å². The van der Waals surface area contributed by atoms with Crippen molar-refractivity contribution in [3.8, 4) is 16.9 Å². The van der Waals surface area contributed by atoms with Crippen molar-refractivity contribution in [1.82, 2.24) is 9.55 Å². The Kier molecular flexibility index (Phi) is 6.47. The molecule has 1 aromatic carbocycles. The van der Waals surface area contributed by atoms with E-state index in [0.29, 0.717) is 6.73 Å². The van der Waals surface area contributed by atoms with Crippen LogP contribution in [0.4, 0.5) is 5.69 Å². The van der Waals surface area contributed by atoms with Crippen molar-refractivity contribution < 1.29 is 9.47 Å². The van der Waals surface area contributed by atoms with Gasteiger partial charge in [-0.05, 0) is 28.0 Å². The minimum Gasteiger partial charge on any atom is -0.496 e. The van der Waals surface area contributed by atoms with E-state index in [1.165, 1.54) is 0 Å². The van der Waals surface area contributed by atoms with Crippen LogP contribution in [0.3, 0.4) is 0 Å². The molecule has 0 saturated heterocycles. The zero-order valence-corrected chi connectivity index (χ0v) is 19.8. The van der Waals surface area contributed by atoms with Crippen LogP contribution in [-0.4, -0.2) is 38.4 Å². The summed E-state index contributed by atoms with van der Waals surface area (Å²) in [7, 11) is 2.51. The summed E-state index contributed by atoms with van der Waals surface area (Å²) in [6.45, 7) is 8.33. The molecular weight excluding hydrogens is 434 g/mol. The summed E-state index contributed by atoms with van der Waals surface area (Å²) in [5.74, 6) is 0.836. The van der Waals surface area contributed by atoms with Crippen molar-refractivity contribution in [3.63, 3.8) is 0 Å². The Balaban J connectivity index is 2.06. The second kappa shape index (κ2) is 8.67. The predicted octanol–water partition coefficient (Wildman–Crippen LogP) is 5.83. The molecule has 3 aromatic rings. The van der Waals surface area contributed by atoms with Crippen molar-refractivity contribution in [2.75, 3.05) is 26.1 Å². The lowest BCUT2D eigenvalue weighted by molar-refractivity contribution is 0.0899. The van der Waals surface area contributed by atoms with Crippen LogP contribution in [0.1, 0.15) is 0 Å². The standard InChI is InChI=1S/C21H28BrN3O2Si/c1-23-20-17(22)12-24-21-19(20)16(15-8-6-7-9-18(15)26-2)13-25(21)14-27-10-11-28(3,4)5/h6-9,12-13H,10-11,14H2,1-5H3,(H,23,24). The molecule has 28 heavy (non-hydrogen) atoms. The third-order valence-electron chi connectivity index (χ3n) is 4.71. The van der Waals surface area contributed by atoms with Crippen LogP contribution in [0.25, 0.3) is 22.2 Å². The molecule has 150 valence electrons. The molecule has 0 radical (unpaired) electrons. The van der Waals surface area contributed by atoms with E-state index in [4.69, 9.17) is 9.47 Å². The van der Waals surface area contributed by atoms with E-state index in [1.807, 2.05) is 31.4 Å². The fourth-order valence-electron chi connectivity index (χ4n) is 3.19. The van der Waals surface area contributed by atoms with Crippen LogP contribution >= 0.6 is 15.9 Å². The molecule has 0 unspecified atom stereocenters. The number of aromatic nitrogens is 2. The Morgan fingerprint density at radius 3 is 2.61 bits per heavy atom. The molecule has 0 amide bonds. The van der Waals surface area contributed by atoms with Gasteiger partial charge in [0.05, 0.1) is 22.7 Å². The number of hydrogen-bond donors (Lipinski definition) is 1. The van der Waals surface area contributed by atoms with Gasteiger partial charge in [-0.25, -0.2) is 4.98 Å². The van der Waals surface area contributed by atoms with Crippen molar-refractivity contribution >= 4 is 40.7 Å². The first-order chi connectivity index (χ1) is 13.4. The minimum atomic E-state index is -1.11. The summed E-state index contributed by atoms with van der Waals surface area (Å²) in [6.07, 6.45) is 3.94. The number of ether oxygens (including phenoxy) is 2. The quantitative estimate of drug-likeness (QED) is 0.338. The summed E-state index contributed by atoms with van der Waals surface area (Å²) in [4.78, 5) is 4.68. The van der Waals surface area contributed by atoms with Gasteiger partial charge in [0.15, 0.2) is 0 Å². The highest BCUT2D eigenvalue weighted by Crippen LogP contribution is 2.41. The lowest BCUT2D eigenvalue weighted by Gasteiger charge is -2.15. The van der Waals surface area contributed by atoms with Crippen LogP contribution in [0.5, 0.6) is 5.75 Å². The maximum absolute atomic E-state index is 6.01. The molecule has 2 aromatic heterocycles. The number of anilines is 1. The third-order valence-corrected chi connectivity index (χ3v) is 7.02. The van der Waals surface area contributed by atoms with E-state index < -0.39 is 8.07 Å². The second-order valence-electron chi connectivity index (χ2n) is 7.99. The van der Waals surface area contributed by atoms with E-state index >= 15 is 0 Å². The van der Waals surface area contributed by atoms with Gasteiger partial charge in [0.2, 0.25) is 0 Å². The number of halogens is 1. The van der Waals surface area contributed by atoms with Crippen molar-refractivity contribution in [2.24, 2.45) is 0 Å². The first-order valence-electron chi connectivity index (χ1n) is 9.42. The van der Waals surface area contributed by atoms with Crippen LogP contribution < -0.4 is 10.1 Å². The SMILES string of the molecule is CNc1c(Br)cnc2c1c(-c1ccccc1OC)cn2COCC[Si](C)(C)C. The van der Waals surface area contributed by atoms with E-state index in [-0.39, 0.29) is 0 Å². The number of hydrogen-bond acceptors (Lipinski definition) is 4. The maximum Gasteiger partial charge on any atom is 0.144 e. The summed E-state index contributed by atoms with van der Waals surface area (Å²) in [5, 5.41) is 4.36. The number of pyridine rings is 1. The smallest absolute Gasteiger partial charge is 0.144 e. The fourth-order valence-corrected chi connectivity index (χ4v) is 4.44. The fraction of sp³-hybridized carbons (Fsp3) is 0.381. The van der Waals surface area contributed by atoms with Gasteiger partial charge in [0, 0.05) is 45.2 Å². The topological polar surface area (TPSA) is 48.3 Å². The molecule has 0 saturated carbocycles. The van der Waals surface area contributed by atoms with Crippen LogP contribution in [-0.2, 0) is 11.5 Å². The van der Waals surface area contributed by atoms with Crippen molar-refractivity contribution in [2.45, 2.75) is 32.4 Å². The highest BCUT2D eigenvalue weighted by molar-refractivity contribution is 9.10. The molecule has 2 heterocycles. The van der Waals surface area contributed by atoms with E-state index in [2.05, 4.69) is 62.7 Å². The number of benzene rings is 1. The molecule has 5 nitrogen and oxygen atoms in total. The zero-order valence-electron chi connectivity index (χ0n) is 17.2. The molecule has 0 bridgehead atoms. The monoisotopic (exact) mass is 461 g/mol. The van der Waals surface area contributed by atoms with Gasteiger partial charge in [-0.15, -0.1) is 0 Å². The average molecular weight is 462 g/mol. The number of fused-ring (bicyclic) bond motifs is 1. The first kappa shape index (κ1) is 20.9. The van der Waals surface area contributed by atoms with Crippen molar-refractivity contribution in [3.05, 3.63) is 41.1 Å². The highest BCUT2D eigenvalue weighted by atomic mass is 79.9. The molecule has 0 aliphatic rings. The van der Waals surface area contributed by atoms with Crippen LogP contribution in [0, 0.1) is 0 Å². The van der Waals surface area contributed by atoms with Crippen LogP contribution in [0.2, 0.25) is 25.7 Å². The molecule has 1 N–H and O–H groups in total. The molecular formula is C21H28BrN3O2Si. The lowest BCUT2D eigenvalue weighted by atomic mass is 10.0. The molecule has 0 aliphatic heterocycles. The van der Waals surface area contributed by atoms with Crippen LogP contribution in [0.15, 0.2) is 41.1 Å². The number of nitrogens with zero attached hydrogens (tertiary/aromatic N) is 2. The van der Waals surface area contributed by atoms with Gasteiger partial charge >= 0.3 is 0 Å². The van der Waals surface area contributed by atoms with Gasteiger partial charge < -0.3 is 19.4 Å². The molecule has 7 heteroatoms. The summed E-state index contributed by atoms with van der Waals surface area (Å²) in [6, 6.07) is 9.20. The Morgan fingerprint density at radius 1 is 1.18 bits per heavy atom. The van der Waals surface area contributed by atoms with Gasteiger partial charge in [-0.1, -0.05) is 37.8 Å². The molecule has 0 fully saturated rings. The Labute approximate surface area is 176 Å². The highest BCUT2D eigenvalue weighted by Gasteiger charge is 2.19. The Hall–Kier alpha value is -1.83. The average Bonchev–Trinajstić information content (AvgIpc) is 3.03. The second-order valence-corrected chi connectivity index (χ2v) is 14.5. The molecule has 0 spiro atoms. The predicted molar refractivity (Wildman–Crippen MR) is 123 cm³/mol. The zero-order chi connectivity index (χ0) is 20.3. The third kappa shape index (κ3) is 4.42. The largest absolute Gasteiger partial charge is 0.496 e. The number of methoxy groups -OCH3 is 1. The number of para-hydroxylation sites is 1. The van der Waals surface area contributed by atoms with Gasteiger partial charge in [0.1, 0.15) is 18.1 Å². The Morgan fingerprint density at radius 2 is 1.93 bits per heavy atom. The normalized spacial score (nSPS) is 11.8. The number of rotatable bonds is 8. The summed E-state index contributed by atoms with van der Waals surface area (Å²) in [5.41, 5.74) is 4.00. The van der Waals surface area contributed by atoms with Gasteiger partial charge in [0.25, 0.3) is 0 Å². The van der Waals surface area contributed by atoms with E-state index in [0.717, 1.165) is 50.7 Å². The van der Waals surface area contributed by atoms with Gasteiger partial charge in [-0.3, -0.25) is 0 Å². The Bertz CT molecular complexity index is 966. The number of nitrogens with one attached hydrogen (secondary N) is 1. The summed E-state index contributed by atoms with van der Waals surface area (Å²) < 4.78 is 14.6.